The molecule has 3 aromatic heterocycles. The van der Waals surface area contributed by atoms with Crippen molar-refractivity contribution in [1.82, 2.24) is 29.7 Å². The molecule has 4 aromatic rings. The Morgan fingerprint density at radius 2 is 1.81 bits per heavy atom. The van der Waals surface area contributed by atoms with E-state index in [2.05, 4.69) is 25.2 Å². The number of fused-ring (bicyclic) bond motifs is 1. The first kappa shape index (κ1) is 19.3. The van der Waals surface area contributed by atoms with Gasteiger partial charge in [-0.3, -0.25) is 9.59 Å². The third-order valence-electron chi connectivity index (χ3n) is 5.31. The lowest BCUT2D eigenvalue weighted by atomic mass is 10.1. The Hall–Kier alpha value is -3.72. The topological polar surface area (TPSA) is 99.5 Å². The van der Waals surface area contributed by atoms with Crippen LogP contribution in [0.25, 0.3) is 16.8 Å². The second kappa shape index (κ2) is 7.84. The van der Waals surface area contributed by atoms with Crippen molar-refractivity contribution < 1.29 is 4.79 Å². The Balaban J connectivity index is 1.39. The largest absolute Gasteiger partial charge is 0.353 e. The van der Waals surface area contributed by atoms with Crippen molar-refractivity contribution in [1.29, 1.82) is 0 Å². The van der Waals surface area contributed by atoms with Crippen molar-refractivity contribution >= 4 is 28.8 Å². The minimum absolute atomic E-state index is 0.0511. The van der Waals surface area contributed by atoms with Gasteiger partial charge in [-0.05, 0) is 29.8 Å². The molecule has 1 aliphatic rings. The van der Waals surface area contributed by atoms with Crippen LogP contribution in [-0.4, -0.2) is 61.8 Å². The van der Waals surface area contributed by atoms with Gasteiger partial charge in [-0.2, -0.15) is 0 Å². The molecule has 1 amide bonds. The number of nitrogens with zero attached hydrogens (tertiary/aromatic N) is 6. The number of aromatic amines is 1. The number of piperazine rings is 1. The maximum Gasteiger partial charge on any atom is 0.277 e. The van der Waals surface area contributed by atoms with Gasteiger partial charge < -0.3 is 14.8 Å². The summed E-state index contributed by atoms with van der Waals surface area (Å²) in [6, 6.07) is 12.8. The van der Waals surface area contributed by atoms with Crippen LogP contribution in [0, 0.1) is 0 Å². The molecule has 31 heavy (non-hydrogen) atoms. The van der Waals surface area contributed by atoms with Crippen LogP contribution in [0.15, 0.2) is 59.7 Å². The minimum Gasteiger partial charge on any atom is -0.353 e. The summed E-state index contributed by atoms with van der Waals surface area (Å²) < 4.78 is 1.35. The number of rotatable bonds is 3. The van der Waals surface area contributed by atoms with E-state index < -0.39 is 5.56 Å². The van der Waals surface area contributed by atoms with Gasteiger partial charge in [-0.1, -0.05) is 35.0 Å². The zero-order valence-electron chi connectivity index (χ0n) is 16.4. The molecule has 0 radical (unpaired) electrons. The van der Waals surface area contributed by atoms with Crippen LogP contribution in [-0.2, 0) is 0 Å². The SMILES string of the molecule is O=C(c1nnn2cc(-c3ccc(Cl)cc3)[nH]c(=O)c12)N1CCN(c2ccccn2)CC1. The molecule has 0 bridgehead atoms. The first-order valence-electron chi connectivity index (χ1n) is 9.80. The first-order chi connectivity index (χ1) is 15.1. The molecule has 0 unspecified atom stereocenters. The molecule has 1 fully saturated rings. The van der Waals surface area contributed by atoms with E-state index in [1.807, 2.05) is 18.2 Å². The third-order valence-corrected chi connectivity index (χ3v) is 5.56. The zero-order valence-corrected chi connectivity index (χ0v) is 17.2. The summed E-state index contributed by atoms with van der Waals surface area (Å²) in [6.45, 7) is 2.32. The number of halogens is 1. The summed E-state index contributed by atoms with van der Waals surface area (Å²) in [5.41, 5.74) is 1.09. The Morgan fingerprint density at radius 3 is 2.52 bits per heavy atom. The van der Waals surface area contributed by atoms with Crippen molar-refractivity contribution in [2.75, 3.05) is 31.1 Å². The highest BCUT2D eigenvalue weighted by atomic mass is 35.5. The van der Waals surface area contributed by atoms with Crippen molar-refractivity contribution in [3.8, 4) is 11.3 Å². The summed E-state index contributed by atoms with van der Waals surface area (Å²) in [6.07, 6.45) is 3.39. The molecule has 156 valence electrons. The Morgan fingerprint density at radius 1 is 1.03 bits per heavy atom. The lowest BCUT2D eigenvalue weighted by Crippen LogP contribution is -2.49. The van der Waals surface area contributed by atoms with E-state index >= 15 is 0 Å². The fraction of sp³-hybridized carbons (Fsp3) is 0.190. The summed E-state index contributed by atoms with van der Waals surface area (Å²) >= 11 is 5.93. The van der Waals surface area contributed by atoms with Gasteiger partial charge in [-0.25, -0.2) is 9.50 Å². The van der Waals surface area contributed by atoms with E-state index in [0.29, 0.717) is 36.9 Å². The fourth-order valence-corrected chi connectivity index (χ4v) is 3.81. The highest BCUT2D eigenvalue weighted by Gasteiger charge is 2.27. The summed E-state index contributed by atoms with van der Waals surface area (Å²) in [5.74, 6) is 0.579. The molecule has 1 saturated heterocycles. The Labute approximate surface area is 181 Å². The van der Waals surface area contributed by atoms with Crippen LogP contribution in [0.3, 0.4) is 0 Å². The quantitative estimate of drug-likeness (QED) is 0.529. The van der Waals surface area contributed by atoms with Crippen molar-refractivity contribution in [2.24, 2.45) is 0 Å². The third kappa shape index (κ3) is 3.64. The Kier molecular flexibility index (Phi) is 4.87. The van der Waals surface area contributed by atoms with E-state index in [1.54, 1.807) is 41.6 Å². The number of anilines is 1. The highest BCUT2D eigenvalue weighted by Crippen LogP contribution is 2.20. The van der Waals surface area contributed by atoms with Crippen LogP contribution in [0.5, 0.6) is 0 Å². The average Bonchev–Trinajstić information content (AvgIpc) is 3.24. The van der Waals surface area contributed by atoms with Gasteiger partial charge >= 0.3 is 0 Å². The average molecular weight is 436 g/mol. The monoisotopic (exact) mass is 435 g/mol. The van der Waals surface area contributed by atoms with E-state index in [9.17, 15) is 9.59 Å². The molecular weight excluding hydrogens is 418 g/mol. The molecule has 1 N–H and O–H groups in total. The van der Waals surface area contributed by atoms with Crippen LogP contribution in [0.1, 0.15) is 10.5 Å². The molecule has 10 heteroatoms. The minimum atomic E-state index is -0.423. The first-order valence-corrected chi connectivity index (χ1v) is 10.2. The van der Waals surface area contributed by atoms with Crippen molar-refractivity contribution in [3.05, 3.63) is 75.9 Å². The molecule has 0 spiro atoms. The van der Waals surface area contributed by atoms with Crippen molar-refractivity contribution in [2.45, 2.75) is 0 Å². The maximum absolute atomic E-state index is 13.1. The summed E-state index contributed by atoms with van der Waals surface area (Å²) in [4.78, 5) is 36.8. The number of hydrogen-bond donors (Lipinski definition) is 1. The number of aromatic nitrogens is 5. The lowest BCUT2D eigenvalue weighted by Gasteiger charge is -2.35. The number of benzene rings is 1. The lowest BCUT2D eigenvalue weighted by molar-refractivity contribution is 0.0742. The molecule has 1 aliphatic heterocycles. The maximum atomic E-state index is 13.1. The van der Waals surface area contributed by atoms with E-state index in [4.69, 9.17) is 11.6 Å². The number of carbonyl (C=O) groups is 1. The normalized spacial score (nSPS) is 14.2. The standard InChI is InChI=1S/C21H18ClN7O2/c22-15-6-4-14(5-7-15)16-13-29-19(20(30)24-16)18(25-26-29)21(31)28-11-9-27(10-12-28)17-3-1-2-8-23-17/h1-8,13H,9-12H2,(H,24,30). The Bertz CT molecular complexity index is 1290. The molecule has 0 saturated carbocycles. The number of pyridine rings is 1. The second-order valence-electron chi connectivity index (χ2n) is 7.20. The van der Waals surface area contributed by atoms with Crippen LogP contribution in [0.4, 0.5) is 5.82 Å². The van der Waals surface area contributed by atoms with Gasteiger partial charge in [0.15, 0.2) is 11.2 Å². The van der Waals surface area contributed by atoms with Gasteiger partial charge in [0, 0.05) is 37.4 Å². The number of hydrogen-bond acceptors (Lipinski definition) is 6. The van der Waals surface area contributed by atoms with Crippen LogP contribution < -0.4 is 10.5 Å². The number of amides is 1. The summed E-state index contributed by atoms with van der Waals surface area (Å²) in [5, 5.41) is 8.63. The molecule has 5 rings (SSSR count). The number of nitrogens with one attached hydrogen (secondary N) is 1. The zero-order chi connectivity index (χ0) is 21.4. The molecule has 1 aromatic carbocycles. The van der Waals surface area contributed by atoms with Gasteiger partial charge in [0.05, 0.1) is 11.9 Å². The van der Waals surface area contributed by atoms with Crippen LogP contribution in [0.2, 0.25) is 5.02 Å². The molecule has 0 aliphatic carbocycles. The fourth-order valence-electron chi connectivity index (χ4n) is 3.68. The highest BCUT2D eigenvalue weighted by molar-refractivity contribution is 6.30. The van der Waals surface area contributed by atoms with Gasteiger partial charge in [0.2, 0.25) is 0 Å². The van der Waals surface area contributed by atoms with E-state index in [0.717, 1.165) is 11.4 Å². The predicted octanol–water partition coefficient (Wildman–Crippen LogP) is 2.10. The van der Waals surface area contributed by atoms with Gasteiger partial charge in [0.1, 0.15) is 5.82 Å². The van der Waals surface area contributed by atoms with Gasteiger partial charge in [-0.15, -0.1) is 5.10 Å². The van der Waals surface area contributed by atoms with Crippen LogP contribution >= 0.6 is 11.6 Å². The second-order valence-corrected chi connectivity index (χ2v) is 7.64. The number of carbonyl (C=O) groups excluding carboxylic acids is 1. The smallest absolute Gasteiger partial charge is 0.277 e. The summed E-state index contributed by atoms with van der Waals surface area (Å²) in [7, 11) is 0. The van der Waals surface area contributed by atoms with E-state index in [1.165, 1.54) is 4.52 Å². The van der Waals surface area contributed by atoms with Gasteiger partial charge in [0.25, 0.3) is 11.5 Å². The van der Waals surface area contributed by atoms with E-state index in [-0.39, 0.29) is 17.1 Å². The van der Waals surface area contributed by atoms with Crippen molar-refractivity contribution in [3.63, 3.8) is 0 Å². The predicted molar refractivity (Wildman–Crippen MR) is 116 cm³/mol. The molecular formula is C21H18ClN7O2. The number of H-pyrrole nitrogens is 1. The molecule has 9 nitrogen and oxygen atoms in total. The molecule has 0 atom stereocenters. The molecule has 4 heterocycles.